The molecule has 2 aromatic rings. The number of guanidine groups is 1. The van der Waals surface area contributed by atoms with Crippen LogP contribution in [-0.4, -0.2) is 55.6 Å². The highest BCUT2D eigenvalue weighted by atomic mass is 32.2. The van der Waals surface area contributed by atoms with Gasteiger partial charge in [-0.25, -0.2) is 13.4 Å². The molecule has 1 aromatic heterocycles. The maximum absolute atomic E-state index is 12.8. The predicted octanol–water partition coefficient (Wildman–Crippen LogP) is -0.137. The molecule has 0 unspecified atom stereocenters. The number of sulfonamides is 1. The molecule has 0 aliphatic heterocycles. The van der Waals surface area contributed by atoms with Crippen LogP contribution in [0.4, 0.5) is 5.13 Å². The summed E-state index contributed by atoms with van der Waals surface area (Å²) in [5.41, 5.74) is 13.2. The highest BCUT2D eigenvalue weighted by Gasteiger charge is 2.29. The molecule has 8 N–H and O–H groups in total. The molecule has 14 nitrogen and oxygen atoms in total. The molecule has 16 heteroatoms. The topological polar surface area (TPSA) is 220 Å². The number of anilines is 1. The van der Waals surface area contributed by atoms with Crippen molar-refractivity contribution in [3.8, 4) is 5.75 Å². The van der Waals surface area contributed by atoms with E-state index in [-0.39, 0.29) is 27.4 Å². The van der Waals surface area contributed by atoms with Crippen LogP contribution in [0.15, 0.2) is 33.6 Å². The van der Waals surface area contributed by atoms with E-state index >= 15 is 0 Å². The lowest BCUT2D eigenvalue weighted by atomic mass is 10.1. The van der Waals surface area contributed by atoms with Crippen LogP contribution in [0.2, 0.25) is 0 Å². The van der Waals surface area contributed by atoms with E-state index in [4.69, 9.17) is 21.0 Å². The molecule has 0 saturated carbocycles. The molecule has 1 aromatic carbocycles. The summed E-state index contributed by atoms with van der Waals surface area (Å²) in [6.07, 6.45) is 0.438. The standard InChI is InChI=1S/C19H27N7O7S2/c1-11-17(34-19(22-11)23-12(2)27)35(30,31)25-15(16(28)29)10-13-4-6-14(7-5-13)32-8-3-9-33-26-24-18(20)21/h4-7,15,25-26H,3,8-10H2,1-2H3,(H,28,29)(H4,20,21,24)(H,22,23,27)/t15-/m0/s1. The third kappa shape index (κ3) is 9.36. The van der Waals surface area contributed by atoms with Gasteiger partial charge in [0.05, 0.1) is 18.9 Å². The van der Waals surface area contributed by atoms with Crippen molar-refractivity contribution in [2.75, 3.05) is 18.5 Å². The lowest BCUT2D eigenvalue weighted by Crippen LogP contribution is -2.42. The number of carboxylic acid groups (broad SMARTS) is 1. The number of nitrogens with one attached hydrogen (secondary N) is 3. The molecule has 0 saturated heterocycles. The second-order valence-electron chi connectivity index (χ2n) is 7.11. The molecule has 0 radical (unpaired) electrons. The quantitative estimate of drug-likeness (QED) is 0.0818. The number of hydrogen-bond acceptors (Lipinski definition) is 10. The van der Waals surface area contributed by atoms with Crippen LogP contribution in [0, 0.1) is 6.92 Å². The number of ether oxygens (including phenoxy) is 1. The third-order valence-electron chi connectivity index (χ3n) is 4.14. The number of carboxylic acids is 1. The molecular formula is C19H27N7O7S2. The fourth-order valence-corrected chi connectivity index (χ4v) is 5.33. The van der Waals surface area contributed by atoms with E-state index in [1.165, 1.54) is 13.8 Å². The molecule has 1 amide bonds. The van der Waals surface area contributed by atoms with Gasteiger partial charge in [0.15, 0.2) is 9.34 Å². The summed E-state index contributed by atoms with van der Waals surface area (Å²) in [5, 5.41) is 15.5. The van der Waals surface area contributed by atoms with E-state index in [9.17, 15) is 23.1 Å². The first-order valence-corrected chi connectivity index (χ1v) is 12.4. The van der Waals surface area contributed by atoms with Crippen molar-refractivity contribution in [3.05, 3.63) is 35.5 Å². The highest BCUT2D eigenvalue weighted by Crippen LogP contribution is 2.27. The van der Waals surface area contributed by atoms with Gasteiger partial charge in [-0.3, -0.25) is 14.4 Å². The van der Waals surface area contributed by atoms with Crippen molar-refractivity contribution < 1.29 is 32.7 Å². The molecular weight excluding hydrogens is 502 g/mol. The van der Waals surface area contributed by atoms with Gasteiger partial charge in [-0.05, 0) is 31.0 Å². The van der Waals surface area contributed by atoms with Crippen molar-refractivity contribution in [2.24, 2.45) is 16.6 Å². The van der Waals surface area contributed by atoms with Gasteiger partial charge >= 0.3 is 5.97 Å². The monoisotopic (exact) mass is 529 g/mol. The summed E-state index contributed by atoms with van der Waals surface area (Å²) < 4.78 is 33.2. The number of aliphatic carboxylic acids is 1. The molecule has 1 heterocycles. The highest BCUT2D eigenvalue weighted by molar-refractivity contribution is 7.91. The number of aryl methyl sites for hydroxylation is 1. The van der Waals surface area contributed by atoms with Gasteiger partial charge in [0.25, 0.3) is 10.0 Å². The molecule has 35 heavy (non-hydrogen) atoms. The Morgan fingerprint density at radius 1 is 1.23 bits per heavy atom. The number of hydrazone groups is 1. The fraction of sp³-hybridized carbons (Fsp3) is 0.368. The van der Waals surface area contributed by atoms with E-state index in [0.29, 0.717) is 30.9 Å². The van der Waals surface area contributed by atoms with Crippen molar-refractivity contribution in [1.82, 2.24) is 15.3 Å². The predicted molar refractivity (Wildman–Crippen MR) is 128 cm³/mol. The Bertz CT molecular complexity index is 1150. The Balaban J connectivity index is 1.94. The largest absolute Gasteiger partial charge is 0.494 e. The third-order valence-corrected chi connectivity index (χ3v) is 7.29. The van der Waals surface area contributed by atoms with Crippen molar-refractivity contribution in [2.45, 2.75) is 36.9 Å². The van der Waals surface area contributed by atoms with Gasteiger partial charge in [0.1, 0.15) is 11.8 Å². The Morgan fingerprint density at radius 3 is 2.51 bits per heavy atom. The lowest BCUT2D eigenvalue weighted by molar-refractivity contribution is -0.138. The number of carbonyl (C=O) groups is 2. The number of amides is 1. The molecule has 2 rings (SSSR count). The van der Waals surface area contributed by atoms with Gasteiger partial charge in [0.2, 0.25) is 11.9 Å². The second-order valence-corrected chi connectivity index (χ2v) is 10.0. The van der Waals surface area contributed by atoms with Gasteiger partial charge < -0.3 is 26.6 Å². The van der Waals surface area contributed by atoms with Gasteiger partial charge in [-0.2, -0.15) is 10.3 Å². The zero-order valence-corrected chi connectivity index (χ0v) is 20.6. The summed E-state index contributed by atoms with van der Waals surface area (Å²) >= 11 is 0.738. The first-order valence-electron chi connectivity index (χ1n) is 10.1. The number of benzene rings is 1. The van der Waals surface area contributed by atoms with Crippen LogP contribution in [0.5, 0.6) is 5.75 Å². The summed E-state index contributed by atoms with van der Waals surface area (Å²) in [5.74, 6) is -1.36. The molecule has 0 spiro atoms. The molecule has 0 aliphatic rings. The summed E-state index contributed by atoms with van der Waals surface area (Å²) in [6, 6.07) is 5.15. The number of aromatic nitrogens is 1. The molecule has 0 aliphatic carbocycles. The van der Waals surface area contributed by atoms with E-state index in [2.05, 4.69) is 25.7 Å². The van der Waals surface area contributed by atoms with E-state index in [1.807, 2.05) is 0 Å². The smallest absolute Gasteiger partial charge is 0.322 e. The van der Waals surface area contributed by atoms with Gasteiger partial charge in [-0.1, -0.05) is 23.5 Å². The van der Waals surface area contributed by atoms with Crippen molar-refractivity contribution in [1.29, 1.82) is 0 Å². The summed E-state index contributed by atoms with van der Waals surface area (Å²) in [6.45, 7) is 3.36. The fourth-order valence-electron chi connectivity index (χ4n) is 2.67. The minimum absolute atomic E-state index is 0.102. The van der Waals surface area contributed by atoms with Crippen LogP contribution in [0.3, 0.4) is 0 Å². The molecule has 0 bridgehead atoms. The SMILES string of the molecule is CC(=O)Nc1nc(C)c(S(=O)(=O)N[C@@H](Cc2ccc(OCCCONN=C(N)N)cc2)C(=O)O)s1. The lowest BCUT2D eigenvalue weighted by Gasteiger charge is -2.15. The van der Waals surface area contributed by atoms with E-state index in [1.54, 1.807) is 24.3 Å². The normalized spacial score (nSPS) is 11.9. The number of rotatable bonds is 14. The number of nitrogens with zero attached hydrogens (tertiary/aromatic N) is 2. The van der Waals surface area contributed by atoms with Crippen molar-refractivity contribution >= 4 is 44.3 Å². The number of nitrogens with two attached hydrogens (primary N) is 2. The first-order chi connectivity index (χ1) is 16.5. The molecule has 1 atom stereocenters. The number of hydrogen-bond donors (Lipinski definition) is 6. The van der Waals surface area contributed by atoms with Crippen LogP contribution >= 0.6 is 11.3 Å². The maximum atomic E-state index is 12.8. The van der Waals surface area contributed by atoms with Gasteiger partial charge in [-0.15, -0.1) is 5.10 Å². The summed E-state index contributed by atoms with van der Waals surface area (Å²) in [4.78, 5) is 31.9. The zero-order chi connectivity index (χ0) is 26.0. The minimum atomic E-state index is -4.19. The first kappa shape index (κ1) is 27.8. The van der Waals surface area contributed by atoms with E-state index < -0.39 is 27.9 Å². The molecule has 0 fully saturated rings. The Hall–Kier alpha value is -3.47. The number of thiazole rings is 1. The Kier molecular flexibility index (Phi) is 10.2. The Labute approximate surface area is 205 Å². The zero-order valence-electron chi connectivity index (χ0n) is 19.0. The minimum Gasteiger partial charge on any atom is -0.494 e. The Morgan fingerprint density at radius 2 is 1.91 bits per heavy atom. The summed E-state index contributed by atoms with van der Waals surface area (Å²) in [7, 11) is -4.19. The van der Waals surface area contributed by atoms with Crippen molar-refractivity contribution in [3.63, 3.8) is 0 Å². The van der Waals surface area contributed by atoms with Gasteiger partial charge in [0, 0.05) is 13.3 Å². The number of carbonyl (C=O) groups excluding carboxylic acids is 1. The molecule has 192 valence electrons. The van der Waals surface area contributed by atoms with Crippen LogP contribution in [-0.2, 0) is 30.9 Å². The average molecular weight is 530 g/mol. The van der Waals surface area contributed by atoms with Crippen LogP contribution in [0.1, 0.15) is 24.6 Å². The maximum Gasteiger partial charge on any atom is 0.322 e. The second kappa shape index (κ2) is 12.8. The van der Waals surface area contributed by atoms with Crippen LogP contribution in [0.25, 0.3) is 0 Å². The van der Waals surface area contributed by atoms with Crippen LogP contribution < -0.4 is 31.8 Å². The average Bonchev–Trinajstić information content (AvgIpc) is 3.13. The van der Waals surface area contributed by atoms with E-state index in [0.717, 1.165) is 11.3 Å².